The second-order valence-corrected chi connectivity index (χ2v) is 10.6. The van der Waals surface area contributed by atoms with Crippen LogP contribution in [0.1, 0.15) is 36.5 Å². The number of benzene rings is 3. The van der Waals surface area contributed by atoms with Crippen LogP contribution < -0.4 is 15.5 Å². The van der Waals surface area contributed by atoms with Crippen molar-refractivity contribution in [1.82, 2.24) is 15.0 Å². The van der Waals surface area contributed by atoms with Gasteiger partial charge in [0.15, 0.2) is 0 Å². The highest BCUT2D eigenvalue weighted by molar-refractivity contribution is 6.07. The largest absolute Gasteiger partial charge is 0.466 e. The number of esters is 2. The number of hydrogen-bond donors (Lipinski definition) is 1. The van der Waals surface area contributed by atoms with Crippen molar-refractivity contribution in [2.45, 2.75) is 33.6 Å². The number of anilines is 2. The van der Waals surface area contributed by atoms with Crippen LogP contribution >= 0.6 is 0 Å². The second kappa shape index (κ2) is 12.5. The summed E-state index contributed by atoms with van der Waals surface area (Å²) in [5.74, 6) is -2.58. The highest BCUT2D eigenvalue weighted by Crippen LogP contribution is 2.44. The number of ether oxygens (including phenoxy) is 2. The Morgan fingerprint density at radius 1 is 0.911 bits per heavy atom. The maximum absolute atomic E-state index is 13.5. The van der Waals surface area contributed by atoms with Gasteiger partial charge >= 0.3 is 11.9 Å². The van der Waals surface area contributed by atoms with Crippen LogP contribution in [-0.2, 0) is 19.1 Å². The zero-order chi connectivity index (χ0) is 32.4. The van der Waals surface area contributed by atoms with Crippen LogP contribution in [0.5, 0.6) is 0 Å². The van der Waals surface area contributed by atoms with Crippen LogP contribution in [0.25, 0.3) is 16.7 Å². The van der Waals surface area contributed by atoms with Crippen molar-refractivity contribution in [1.29, 1.82) is 5.26 Å². The third-order valence-electron chi connectivity index (χ3n) is 8.07. The Labute approximate surface area is 261 Å². The van der Waals surface area contributed by atoms with Gasteiger partial charge in [-0.25, -0.2) is 9.59 Å². The Kier molecular flexibility index (Phi) is 8.59. The van der Waals surface area contributed by atoms with Gasteiger partial charge in [-0.05, 0) is 74.7 Å². The van der Waals surface area contributed by atoms with Crippen molar-refractivity contribution in [3.05, 3.63) is 100 Å². The normalized spacial score (nSPS) is 14.9. The van der Waals surface area contributed by atoms with Crippen molar-refractivity contribution in [2.24, 2.45) is 5.73 Å². The Balaban J connectivity index is 1.71. The molecule has 2 heterocycles. The molecule has 0 aliphatic carbocycles. The molecule has 0 spiro atoms. The van der Waals surface area contributed by atoms with E-state index in [-0.39, 0.29) is 22.7 Å². The van der Waals surface area contributed by atoms with Gasteiger partial charge in [0.05, 0.1) is 48.7 Å². The molecule has 4 aromatic rings. The fourth-order valence-corrected chi connectivity index (χ4v) is 5.82. The third kappa shape index (κ3) is 5.35. The molecule has 11 heteroatoms. The predicted octanol–water partition coefficient (Wildman–Crippen LogP) is 4.78. The molecule has 1 aliphatic heterocycles. The van der Waals surface area contributed by atoms with E-state index in [1.54, 1.807) is 35.1 Å². The Morgan fingerprint density at radius 3 is 2.11 bits per heavy atom. The van der Waals surface area contributed by atoms with Crippen molar-refractivity contribution in [3.63, 3.8) is 0 Å². The van der Waals surface area contributed by atoms with Gasteiger partial charge in [0.1, 0.15) is 22.6 Å². The lowest BCUT2D eigenvalue weighted by Gasteiger charge is -2.36. The second-order valence-electron chi connectivity index (χ2n) is 10.6. The minimum Gasteiger partial charge on any atom is -0.466 e. The van der Waals surface area contributed by atoms with Crippen molar-refractivity contribution in [2.75, 3.05) is 37.1 Å². The van der Waals surface area contributed by atoms with E-state index < -0.39 is 17.9 Å². The van der Waals surface area contributed by atoms with Gasteiger partial charge in [-0.15, -0.1) is 10.2 Å². The summed E-state index contributed by atoms with van der Waals surface area (Å²) >= 11 is 0. The molecule has 0 radical (unpaired) electrons. The van der Waals surface area contributed by atoms with Crippen LogP contribution in [0.2, 0.25) is 0 Å². The van der Waals surface area contributed by atoms with E-state index in [4.69, 9.17) is 25.4 Å². The fourth-order valence-electron chi connectivity index (χ4n) is 5.82. The summed E-state index contributed by atoms with van der Waals surface area (Å²) in [6, 6.07) is 20.8. The smallest absolute Gasteiger partial charge is 0.355 e. The first-order valence-electron chi connectivity index (χ1n) is 14.6. The number of aryl methyl sites for hydroxylation is 2. The van der Waals surface area contributed by atoms with Crippen LogP contribution in [0.3, 0.4) is 0 Å². The summed E-state index contributed by atoms with van der Waals surface area (Å²) in [5.41, 5.74) is 12.4. The molecule has 0 amide bonds. The van der Waals surface area contributed by atoms with Crippen LogP contribution in [0, 0.1) is 25.2 Å². The van der Waals surface area contributed by atoms with E-state index >= 15 is 0 Å². The molecule has 1 atom stereocenters. The van der Waals surface area contributed by atoms with E-state index in [0.717, 1.165) is 30.0 Å². The highest BCUT2D eigenvalue weighted by atomic mass is 16.5. The number of nitriles is 1. The van der Waals surface area contributed by atoms with Crippen LogP contribution in [0.4, 0.5) is 11.4 Å². The lowest BCUT2D eigenvalue weighted by molar-refractivity contribution is -0.139. The standard InChI is InChI=1S/C34H35N7O4/c1-7-39(8-2)23-14-15-27(20(3)16-23)41-37-25-17-21(4)28(18-26(25)38-41)40-31(34(43)45-6)30(33(42)44-5)29(24(19-35)32(40)36)22-12-10-9-11-13-22/h9-18,29H,7-8,36H2,1-6H3. The molecule has 230 valence electrons. The third-order valence-corrected chi connectivity index (χ3v) is 8.07. The maximum atomic E-state index is 13.5. The zero-order valence-corrected chi connectivity index (χ0v) is 26.2. The number of nitrogens with two attached hydrogens (primary N) is 1. The zero-order valence-electron chi connectivity index (χ0n) is 26.2. The number of fused-ring (bicyclic) bond motifs is 1. The van der Waals surface area contributed by atoms with E-state index in [0.29, 0.717) is 27.8 Å². The molecule has 5 rings (SSSR count). The molecule has 2 N–H and O–H groups in total. The van der Waals surface area contributed by atoms with Gasteiger partial charge in [-0.3, -0.25) is 4.90 Å². The molecule has 1 aliphatic rings. The summed E-state index contributed by atoms with van der Waals surface area (Å²) in [5, 5.41) is 19.9. The topological polar surface area (TPSA) is 140 Å². The number of carbonyl (C=O) groups excluding carboxylic acids is 2. The summed E-state index contributed by atoms with van der Waals surface area (Å²) in [6.45, 7) is 9.88. The number of rotatable bonds is 8. The van der Waals surface area contributed by atoms with Gasteiger partial charge in [0, 0.05) is 18.8 Å². The molecule has 0 saturated carbocycles. The maximum Gasteiger partial charge on any atom is 0.355 e. The Hall–Kier alpha value is -5.63. The first kappa shape index (κ1) is 30.8. The lowest BCUT2D eigenvalue weighted by Crippen LogP contribution is -2.41. The van der Waals surface area contributed by atoms with Gasteiger partial charge in [0.2, 0.25) is 0 Å². The number of aromatic nitrogens is 3. The van der Waals surface area contributed by atoms with Gasteiger partial charge in [-0.2, -0.15) is 10.1 Å². The molecule has 11 nitrogen and oxygen atoms in total. The molecule has 0 fully saturated rings. The number of methoxy groups -OCH3 is 2. The minimum atomic E-state index is -0.957. The predicted molar refractivity (Wildman–Crippen MR) is 171 cm³/mol. The molecular formula is C34H35N7O4. The van der Waals surface area contributed by atoms with Gasteiger partial charge in [-0.1, -0.05) is 30.3 Å². The quantitative estimate of drug-likeness (QED) is 0.279. The number of allylic oxidation sites excluding steroid dienone is 1. The van der Waals surface area contributed by atoms with E-state index in [1.807, 2.05) is 38.1 Å². The summed E-state index contributed by atoms with van der Waals surface area (Å²) in [4.78, 5) is 32.1. The average Bonchev–Trinajstić information content (AvgIpc) is 3.46. The molecule has 1 aromatic heterocycles. The Bertz CT molecular complexity index is 1900. The van der Waals surface area contributed by atoms with Crippen molar-refractivity contribution >= 4 is 34.3 Å². The van der Waals surface area contributed by atoms with Gasteiger partial charge < -0.3 is 20.1 Å². The molecule has 0 saturated heterocycles. The number of nitrogens with zero attached hydrogens (tertiary/aromatic N) is 6. The van der Waals surface area contributed by atoms with Crippen molar-refractivity contribution in [3.8, 4) is 11.8 Å². The summed E-state index contributed by atoms with van der Waals surface area (Å²) < 4.78 is 10.3. The number of carbonyl (C=O) groups is 2. The average molecular weight is 606 g/mol. The molecule has 0 bridgehead atoms. The molecule has 1 unspecified atom stereocenters. The number of hydrogen-bond acceptors (Lipinski definition) is 10. The van der Waals surface area contributed by atoms with E-state index in [2.05, 4.69) is 30.9 Å². The van der Waals surface area contributed by atoms with E-state index in [1.165, 1.54) is 19.1 Å². The SMILES string of the molecule is CCN(CC)c1ccc(-n2nc3cc(C)c(N4C(N)=C(C#N)C(c5ccccc5)C(C(=O)OC)=C4C(=O)OC)cc3n2)c(C)c1. The monoisotopic (exact) mass is 605 g/mol. The first-order chi connectivity index (χ1) is 21.7. The van der Waals surface area contributed by atoms with E-state index in [9.17, 15) is 14.9 Å². The Morgan fingerprint density at radius 2 is 1.53 bits per heavy atom. The summed E-state index contributed by atoms with van der Waals surface area (Å²) in [6.07, 6.45) is 0. The lowest BCUT2D eigenvalue weighted by atomic mass is 9.80. The summed E-state index contributed by atoms with van der Waals surface area (Å²) in [7, 11) is 2.44. The molecule has 3 aromatic carbocycles. The molecular weight excluding hydrogens is 570 g/mol. The minimum absolute atomic E-state index is 0.0166. The fraction of sp³-hybridized carbons (Fsp3) is 0.265. The highest BCUT2D eigenvalue weighted by Gasteiger charge is 2.43. The van der Waals surface area contributed by atoms with Crippen LogP contribution in [-0.4, -0.2) is 54.2 Å². The molecule has 45 heavy (non-hydrogen) atoms. The van der Waals surface area contributed by atoms with Crippen LogP contribution in [0.15, 0.2) is 83.3 Å². The first-order valence-corrected chi connectivity index (χ1v) is 14.6. The van der Waals surface area contributed by atoms with Crippen molar-refractivity contribution < 1.29 is 19.1 Å². The van der Waals surface area contributed by atoms with Gasteiger partial charge in [0.25, 0.3) is 0 Å².